The second-order valence-electron chi connectivity index (χ2n) is 9.29. The second-order valence-corrected chi connectivity index (χ2v) is 9.29. The number of hydrogen-bond donors (Lipinski definition) is 0. The molecule has 0 bridgehead atoms. The van der Waals surface area contributed by atoms with Crippen molar-refractivity contribution in [2.75, 3.05) is 18.1 Å². The van der Waals surface area contributed by atoms with E-state index in [2.05, 4.69) is 37.4 Å². The van der Waals surface area contributed by atoms with Crippen molar-refractivity contribution >= 4 is 28.0 Å². The van der Waals surface area contributed by atoms with Gasteiger partial charge < -0.3 is 0 Å². The first-order valence-corrected chi connectivity index (χ1v) is 12.4. The first kappa shape index (κ1) is 25.7. The number of aryl methyl sites for hydroxylation is 2. The summed E-state index contributed by atoms with van der Waals surface area (Å²) in [6, 6.07) is 6.99. The normalized spacial score (nSPS) is 15.3. The second kappa shape index (κ2) is 10.4. The smallest absolute Gasteiger partial charge is 0.291 e. The highest BCUT2D eigenvalue weighted by molar-refractivity contribution is 5.80. The van der Waals surface area contributed by atoms with Crippen LogP contribution in [0.4, 0.5) is 5.95 Å². The van der Waals surface area contributed by atoms with Crippen LogP contribution in [0.1, 0.15) is 31.3 Å². The Morgan fingerprint density at radius 3 is 2.67 bits per heavy atom. The Bertz CT molecular complexity index is 1780. The Kier molecular flexibility index (Phi) is 6.88. The summed E-state index contributed by atoms with van der Waals surface area (Å²) in [5.74, 6) is 6.06. The van der Waals surface area contributed by atoms with Crippen molar-refractivity contribution in [3.05, 3.63) is 66.4 Å². The van der Waals surface area contributed by atoms with E-state index in [0.717, 1.165) is 20.7 Å². The monoisotopic (exact) mass is 530 g/mol. The number of imidazole rings is 1. The standard InChI is InChI=1S/C25H26N10O4/c1-4-5-13-33-21-22(28-24(33)35(30-39)17-9-8-12-32(14-17)29-38)31(3)25(37)34(23(21)36)15-20-26-16(2)18-10-6-7-11-19(18)27-20/h6-7,10-11,17H,8-9,12-15H2,1-3H3/t17-/m1/s1. The molecular weight excluding hydrogens is 504 g/mol. The summed E-state index contributed by atoms with van der Waals surface area (Å²) in [6.07, 6.45) is 1.18. The minimum absolute atomic E-state index is 0.0236. The van der Waals surface area contributed by atoms with E-state index >= 15 is 0 Å². The van der Waals surface area contributed by atoms with Crippen molar-refractivity contribution in [2.24, 2.45) is 17.6 Å². The minimum atomic E-state index is -0.621. The molecule has 1 aromatic carbocycles. The number of aromatic nitrogens is 6. The van der Waals surface area contributed by atoms with Gasteiger partial charge in [-0.3, -0.25) is 23.5 Å². The van der Waals surface area contributed by atoms with Crippen LogP contribution in [0.3, 0.4) is 0 Å². The summed E-state index contributed by atoms with van der Waals surface area (Å²) in [7, 11) is 1.50. The van der Waals surface area contributed by atoms with E-state index in [1.807, 2.05) is 31.2 Å². The van der Waals surface area contributed by atoms with Crippen LogP contribution in [0.15, 0.2) is 44.4 Å². The summed E-state index contributed by atoms with van der Waals surface area (Å²) >= 11 is 0. The average molecular weight is 531 g/mol. The topological polar surface area (TPSA) is 153 Å². The van der Waals surface area contributed by atoms with E-state index in [4.69, 9.17) is 0 Å². The van der Waals surface area contributed by atoms with Crippen LogP contribution in [0.5, 0.6) is 0 Å². The van der Waals surface area contributed by atoms with E-state index in [0.29, 0.717) is 30.7 Å². The van der Waals surface area contributed by atoms with Crippen LogP contribution in [0.2, 0.25) is 0 Å². The molecule has 4 heterocycles. The zero-order valence-electron chi connectivity index (χ0n) is 21.7. The maximum atomic E-state index is 13.8. The molecule has 14 nitrogen and oxygen atoms in total. The number of benzene rings is 1. The molecule has 3 aromatic heterocycles. The number of fused-ring (bicyclic) bond motifs is 2. The molecule has 0 amide bonds. The molecule has 1 atom stereocenters. The first-order chi connectivity index (χ1) is 18.9. The van der Waals surface area contributed by atoms with Crippen LogP contribution in [0.25, 0.3) is 22.1 Å². The number of anilines is 1. The number of rotatable bonds is 7. The van der Waals surface area contributed by atoms with Crippen LogP contribution in [0, 0.1) is 28.6 Å². The van der Waals surface area contributed by atoms with Crippen molar-refractivity contribution < 1.29 is 0 Å². The van der Waals surface area contributed by atoms with Gasteiger partial charge in [-0.2, -0.15) is 9.99 Å². The van der Waals surface area contributed by atoms with Crippen molar-refractivity contribution in [3.8, 4) is 11.8 Å². The Labute approximate surface area is 221 Å². The summed E-state index contributed by atoms with van der Waals surface area (Å²) in [5, 5.41) is 9.52. The van der Waals surface area contributed by atoms with Crippen LogP contribution in [-0.2, 0) is 20.1 Å². The molecule has 0 N–H and O–H groups in total. The van der Waals surface area contributed by atoms with Crippen molar-refractivity contribution in [2.45, 2.75) is 45.8 Å². The molecule has 0 aliphatic carbocycles. The highest BCUT2D eigenvalue weighted by atomic mass is 16.3. The number of para-hydroxylation sites is 1. The molecule has 1 aliphatic rings. The zero-order chi connectivity index (χ0) is 27.7. The molecule has 0 saturated carbocycles. The fraction of sp³-hybridized carbons (Fsp3) is 0.400. The molecule has 5 rings (SSSR count). The van der Waals surface area contributed by atoms with Gasteiger partial charge in [0.2, 0.25) is 5.95 Å². The Hall–Kier alpha value is -4.93. The van der Waals surface area contributed by atoms with Crippen LogP contribution < -0.4 is 16.3 Å². The molecule has 14 heteroatoms. The Morgan fingerprint density at radius 2 is 1.92 bits per heavy atom. The highest BCUT2D eigenvalue weighted by Gasteiger charge is 2.32. The summed E-state index contributed by atoms with van der Waals surface area (Å²) in [5.41, 5.74) is 0.368. The molecule has 39 heavy (non-hydrogen) atoms. The first-order valence-electron chi connectivity index (χ1n) is 12.4. The SMILES string of the molecule is CC#CCn1c(N(N=O)[C@@H]2CCCN(N=O)C2)nc2c1c(=O)n(Cc1nc(C)c3ccccc3n1)c(=O)n2C. The van der Waals surface area contributed by atoms with Gasteiger partial charge in [-0.05, 0) is 32.8 Å². The maximum absolute atomic E-state index is 13.8. The molecule has 0 spiro atoms. The van der Waals surface area contributed by atoms with Gasteiger partial charge in [-0.1, -0.05) is 24.1 Å². The average Bonchev–Trinajstić information content (AvgIpc) is 3.33. The third-order valence-corrected chi connectivity index (χ3v) is 6.90. The van der Waals surface area contributed by atoms with Crippen LogP contribution >= 0.6 is 0 Å². The van der Waals surface area contributed by atoms with E-state index < -0.39 is 17.3 Å². The predicted molar refractivity (Wildman–Crippen MR) is 145 cm³/mol. The lowest BCUT2D eigenvalue weighted by molar-refractivity contribution is 0.208. The summed E-state index contributed by atoms with van der Waals surface area (Å²) < 4.78 is 3.77. The quantitative estimate of drug-likeness (QED) is 0.198. The third-order valence-electron chi connectivity index (χ3n) is 6.90. The Morgan fingerprint density at radius 1 is 1.13 bits per heavy atom. The molecular formula is C25H26N10O4. The lowest BCUT2D eigenvalue weighted by atomic mass is 10.1. The van der Waals surface area contributed by atoms with Crippen molar-refractivity contribution in [3.63, 3.8) is 0 Å². The summed E-state index contributed by atoms with van der Waals surface area (Å²) in [4.78, 5) is 64.0. The van der Waals surface area contributed by atoms with Gasteiger partial charge in [-0.25, -0.2) is 14.8 Å². The number of piperidine rings is 1. The van der Waals surface area contributed by atoms with Gasteiger partial charge in [0.25, 0.3) is 5.56 Å². The van der Waals surface area contributed by atoms with Crippen molar-refractivity contribution in [1.82, 2.24) is 33.7 Å². The fourth-order valence-corrected chi connectivity index (χ4v) is 4.96. The molecule has 200 valence electrons. The molecule has 0 unspecified atom stereocenters. The molecule has 1 fully saturated rings. The van der Waals surface area contributed by atoms with Gasteiger partial charge in [0.05, 0.1) is 41.8 Å². The van der Waals surface area contributed by atoms with Gasteiger partial charge in [0.1, 0.15) is 5.82 Å². The van der Waals surface area contributed by atoms with E-state index in [-0.39, 0.29) is 36.7 Å². The largest absolute Gasteiger partial charge is 0.332 e. The third kappa shape index (κ3) is 4.52. The lowest BCUT2D eigenvalue weighted by Gasteiger charge is -2.32. The Balaban J connectivity index is 1.68. The minimum Gasteiger partial charge on any atom is -0.291 e. The van der Waals surface area contributed by atoms with Gasteiger partial charge in [0.15, 0.2) is 11.2 Å². The van der Waals surface area contributed by atoms with Crippen molar-refractivity contribution in [1.29, 1.82) is 0 Å². The van der Waals surface area contributed by atoms with Gasteiger partial charge in [-0.15, -0.1) is 15.7 Å². The van der Waals surface area contributed by atoms with Gasteiger partial charge in [0, 0.05) is 24.7 Å². The zero-order valence-corrected chi connectivity index (χ0v) is 21.7. The fourth-order valence-electron chi connectivity index (χ4n) is 4.96. The molecule has 1 saturated heterocycles. The maximum Gasteiger partial charge on any atom is 0.332 e. The summed E-state index contributed by atoms with van der Waals surface area (Å²) in [6.45, 7) is 3.99. The molecule has 0 radical (unpaired) electrons. The molecule has 4 aromatic rings. The van der Waals surface area contributed by atoms with E-state index in [1.165, 1.54) is 21.2 Å². The lowest BCUT2D eigenvalue weighted by Crippen LogP contribution is -2.44. The van der Waals surface area contributed by atoms with E-state index in [1.54, 1.807) is 6.92 Å². The predicted octanol–water partition coefficient (Wildman–Crippen LogP) is 1.85. The van der Waals surface area contributed by atoms with E-state index in [9.17, 15) is 19.4 Å². The highest BCUT2D eigenvalue weighted by Crippen LogP contribution is 2.26. The number of nitrogens with zero attached hydrogens (tertiary/aromatic N) is 10. The van der Waals surface area contributed by atoms with Gasteiger partial charge >= 0.3 is 5.69 Å². The van der Waals surface area contributed by atoms with Crippen LogP contribution in [-0.4, -0.2) is 52.8 Å². The number of nitroso groups, excluding NO2 is 2. The molecule has 1 aliphatic heterocycles. The number of hydrogen-bond acceptors (Lipinski definition) is 9.